The Balaban J connectivity index is 1.45. The third kappa shape index (κ3) is 2.85. The van der Waals surface area contributed by atoms with Gasteiger partial charge in [0.15, 0.2) is 0 Å². The molecule has 4 rings (SSSR count). The van der Waals surface area contributed by atoms with Crippen molar-refractivity contribution in [2.45, 2.75) is 71.3 Å². The summed E-state index contributed by atoms with van der Waals surface area (Å²) in [4.78, 5) is 0. The van der Waals surface area contributed by atoms with Crippen LogP contribution >= 0.6 is 0 Å². The van der Waals surface area contributed by atoms with Crippen molar-refractivity contribution in [2.24, 2.45) is 5.92 Å². The van der Waals surface area contributed by atoms with E-state index in [0.29, 0.717) is 12.0 Å². The molecule has 0 amide bonds. The molecule has 0 radical (unpaired) electrons. The summed E-state index contributed by atoms with van der Waals surface area (Å²) < 4.78 is 2.19. The highest BCUT2D eigenvalue weighted by Gasteiger charge is 2.27. The first-order valence-electron chi connectivity index (χ1n) is 9.49. The first-order chi connectivity index (χ1) is 11.6. The largest absolute Gasteiger partial charge is 0.382 e. The van der Waals surface area contributed by atoms with Crippen LogP contribution in [-0.4, -0.2) is 26.5 Å². The number of nitrogens with zero attached hydrogens (tertiary/aromatic N) is 3. The van der Waals surface area contributed by atoms with E-state index in [4.69, 9.17) is 5.10 Å². The number of hydrogen-bond donors (Lipinski definition) is 2. The second-order valence-corrected chi connectivity index (χ2v) is 7.91. The molecule has 2 aromatic rings. The van der Waals surface area contributed by atoms with Crippen molar-refractivity contribution < 1.29 is 0 Å². The summed E-state index contributed by atoms with van der Waals surface area (Å²) in [5.74, 6) is 1.26. The molecule has 0 saturated heterocycles. The maximum atomic E-state index is 4.83. The van der Waals surface area contributed by atoms with Crippen LogP contribution in [0.3, 0.4) is 0 Å². The van der Waals surface area contributed by atoms with E-state index in [1.807, 2.05) is 0 Å². The molecule has 2 unspecified atom stereocenters. The van der Waals surface area contributed by atoms with Gasteiger partial charge in [-0.15, -0.1) is 0 Å². The van der Waals surface area contributed by atoms with Crippen molar-refractivity contribution in [1.82, 2.24) is 20.0 Å². The maximum absolute atomic E-state index is 4.83. The minimum atomic E-state index is 0.457. The molecule has 0 fully saturated rings. The van der Waals surface area contributed by atoms with Gasteiger partial charge in [0.1, 0.15) is 0 Å². The van der Waals surface area contributed by atoms with Gasteiger partial charge in [0.25, 0.3) is 0 Å². The Bertz CT molecular complexity index is 688. The highest BCUT2D eigenvalue weighted by atomic mass is 15.3. The monoisotopic (exact) mass is 327 g/mol. The third-order valence-electron chi connectivity index (χ3n) is 5.68. The van der Waals surface area contributed by atoms with Crippen LogP contribution in [0.4, 0.5) is 5.69 Å². The normalized spacial score (nSPS) is 21.2. The number of nitrogens with one attached hydrogen (secondary N) is 2. The highest BCUT2D eigenvalue weighted by Crippen LogP contribution is 2.34. The van der Waals surface area contributed by atoms with Crippen molar-refractivity contribution in [3.05, 3.63) is 28.8 Å². The molecule has 5 heteroatoms. The fourth-order valence-electron chi connectivity index (χ4n) is 4.32. The smallest absolute Gasteiger partial charge is 0.0856 e. The summed E-state index contributed by atoms with van der Waals surface area (Å²) in [6, 6.07) is 0.457. The van der Waals surface area contributed by atoms with Gasteiger partial charge in [-0.3, -0.25) is 9.78 Å². The number of rotatable bonds is 4. The van der Waals surface area contributed by atoms with Crippen LogP contribution in [-0.2, 0) is 19.3 Å². The number of aromatic nitrogens is 4. The molecular formula is C19H29N5. The average Bonchev–Trinajstić information content (AvgIpc) is 3.18. The first-order valence-corrected chi connectivity index (χ1v) is 9.49. The highest BCUT2D eigenvalue weighted by molar-refractivity contribution is 5.48. The molecule has 130 valence electrons. The minimum Gasteiger partial charge on any atom is -0.382 e. The second kappa shape index (κ2) is 6.26. The molecule has 3 heterocycles. The van der Waals surface area contributed by atoms with E-state index in [0.717, 1.165) is 25.3 Å². The summed E-state index contributed by atoms with van der Waals surface area (Å²) in [6.45, 7) is 7.90. The lowest BCUT2D eigenvalue weighted by molar-refractivity contribution is 0.333. The van der Waals surface area contributed by atoms with Crippen LogP contribution in [0, 0.1) is 5.92 Å². The Morgan fingerprint density at radius 1 is 1.25 bits per heavy atom. The molecule has 1 aliphatic carbocycles. The van der Waals surface area contributed by atoms with Gasteiger partial charge < -0.3 is 5.32 Å². The zero-order valence-electron chi connectivity index (χ0n) is 15.1. The van der Waals surface area contributed by atoms with Gasteiger partial charge >= 0.3 is 0 Å². The molecule has 2 N–H and O–H groups in total. The summed E-state index contributed by atoms with van der Waals surface area (Å²) in [5.41, 5.74) is 6.64. The summed E-state index contributed by atoms with van der Waals surface area (Å²) in [5, 5.41) is 16.1. The minimum absolute atomic E-state index is 0.457. The number of aromatic amines is 1. The molecule has 0 aromatic carbocycles. The second-order valence-electron chi connectivity index (χ2n) is 7.91. The van der Waals surface area contributed by atoms with Crippen molar-refractivity contribution in [3.63, 3.8) is 0 Å². The quantitative estimate of drug-likeness (QED) is 0.897. The van der Waals surface area contributed by atoms with E-state index < -0.39 is 0 Å². The molecule has 0 bridgehead atoms. The maximum Gasteiger partial charge on any atom is 0.0856 e. The van der Waals surface area contributed by atoms with Crippen molar-refractivity contribution in [2.75, 3.05) is 11.9 Å². The van der Waals surface area contributed by atoms with Crippen LogP contribution < -0.4 is 5.32 Å². The molecule has 5 nitrogen and oxygen atoms in total. The van der Waals surface area contributed by atoms with Gasteiger partial charge in [0, 0.05) is 24.5 Å². The van der Waals surface area contributed by atoms with E-state index in [9.17, 15) is 0 Å². The number of fused-ring (bicyclic) bond motifs is 2. The van der Waals surface area contributed by atoms with E-state index in [-0.39, 0.29) is 0 Å². The van der Waals surface area contributed by atoms with Crippen LogP contribution in [0.2, 0.25) is 0 Å². The van der Waals surface area contributed by atoms with Crippen molar-refractivity contribution >= 4 is 5.69 Å². The molecular weight excluding hydrogens is 298 g/mol. The van der Waals surface area contributed by atoms with Gasteiger partial charge in [-0.25, -0.2) is 0 Å². The fourth-order valence-corrected chi connectivity index (χ4v) is 4.32. The lowest BCUT2D eigenvalue weighted by Crippen LogP contribution is -2.19. The lowest BCUT2D eigenvalue weighted by atomic mass is 9.82. The van der Waals surface area contributed by atoms with E-state index >= 15 is 0 Å². The van der Waals surface area contributed by atoms with Crippen LogP contribution in [0.25, 0.3) is 0 Å². The number of hydrogen-bond acceptors (Lipinski definition) is 3. The fraction of sp³-hybridized carbons (Fsp3) is 0.684. The number of H-pyrrole nitrogens is 1. The van der Waals surface area contributed by atoms with Crippen molar-refractivity contribution in [1.29, 1.82) is 0 Å². The van der Waals surface area contributed by atoms with Crippen LogP contribution in [0.15, 0.2) is 6.20 Å². The van der Waals surface area contributed by atoms with Crippen LogP contribution in [0.1, 0.15) is 74.6 Å². The molecule has 1 aliphatic heterocycles. The lowest BCUT2D eigenvalue weighted by Gasteiger charge is -2.25. The van der Waals surface area contributed by atoms with Crippen molar-refractivity contribution in [3.8, 4) is 0 Å². The number of aryl methyl sites for hydroxylation is 2. The van der Waals surface area contributed by atoms with Gasteiger partial charge in [0.05, 0.1) is 17.1 Å². The van der Waals surface area contributed by atoms with E-state index in [1.54, 1.807) is 0 Å². The van der Waals surface area contributed by atoms with Gasteiger partial charge in [-0.05, 0) is 62.8 Å². The zero-order chi connectivity index (χ0) is 16.7. The van der Waals surface area contributed by atoms with E-state index in [1.165, 1.54) is 54.0 Å². The molecule has 2 aliphatic rings. The zero-order valence-corrected chi connectivity index (χ0v) is 15.1. The standard InChI is InChI=1S/C19H29N5/c1-12(2)19-15-10-14(6-7-16(15)21-22-19)9-13(3)24-11-18-17(23-24)5-4-8-20-18/h11-14,20H,4-10H2,1-3H3,(H,21,22). The van der Waals surface area contributed by atoms with Gasteiger partial charge in [0.2, 0.25) is 0 Å². The predicted octanol–water partition coefficient (Wildman–Crippen LogP) is 3.84. The topological polar surface area (TPSA) is 58.5 Å². The summed E-state index contributed by atoms with van der Waals surface area (Å²) in [6.07, 6.45) is 9.26. The average molecular weight is 327 g/mol. The summed E-state index contributed by atoms with van der Waals surface area (Å²) >= 11 is 0. The van der Waals surface area contributed by atoms with Crippen LogP contribution in [0.5, 0.6) is 0 Å². The Labute approximate surface area is 144 Å². The Hall–Kier alpha value is -1.78. The molecule has 2 atom stereocenters. The van der Waals surface area contributed by atoms with E-state index in [2.05, 4.69) is 47.2 Å². The molecule has 0 spiro atoms. The van der Waals surface area contributed by atoms with Gasteiger partial charge in [-0.2, -0.15) is 10.2 Å². The third-order valence-corrected chi connectivity index (χ3v) is 5.68. The van der Waals surface area contributed by atoms with Gasteiger partial charge in [-0.1, -0.05) is 13.8 Å². The molecule has 0 saturated carbocycles. The Morgan fingerprint density at radius 3 is 2.92 bits per heavy atom. The number of anilines is 1. The Morgan fingerprint density at radius 2 is 2.12 bits per heavy atom. The Kier molecular flexibility index (Phi) is 4.10. The summed E-state index contributed by atoms with van der Waals surface area (Å²) in [7, 11) is 0. The SMILES string of the molecule is CC(C)c1[nH]nc2c1CC(CC(C)n1cc3c(n1)CCCN3)CC2. The first kappa shape index (κ1) is 15.7. The molecule has 24 heavy (non-hydrogen) atoms. The molecule has 2 aromatic heterocycles. The predicted molar refractivity (Wildman–Crippen MR) is 96.6 cm³/mol.